The smallest absolute Gasteiger partial charge is 0.0603 e. The SMILES string of the molecule is CCCCOCCC(O)Cc1cccnc1. The molecule has 1 aromatic heterocycles. The van der Waals surface area contributed by atoms with Crippen LogP contribution < -0.4 is 0 Å². The molecule has 16 heavy (non-hydrogen) atoms. The van der Waals surface area contributed by atoms with E-state index >= 15 is 0 Å². The van der Waals surface area contributed by atoms with Gasteiger partial charge < -0.3 is 9.84 Å². The Bertz CT molecular complexity index is 264. The normalized spacial score (nSPS) is 12.6. The van der Waals surface area contributed by atoms with E-state index in [9.17, 15) is 5.11 Å². The third kappa shape index (κ3) is 5.83. The molecule has 3 heteroatoms. The standard InChI is InChI=1S/C13H21NO2/c1-2-3-8-16-9-6-13(15)10-12-5-4-7-14-11-12/h4-5,7,11,13,15H,2-3,6,8-10H2,1H3. The van der Waals surface area contributed by atoms with Crippen molar-refractivity contribution < 1.29 is 9.84 Å². The molecule has 0 radical (unpaired) electrons. The van der Waals surface area contributed by atoms with Crippen LogP contribution in [0.25, 0.3) is 0 Å². The molecular formula is C13H21NO2. The number of aliphatic hydroxyl groups excluding tert-OH is 1. The van der Waals surface area contributed by atoms with Gasteiger partial charge >= 0.3 is 0 Å². The van der Waals surface area contributed by atoms with Gasteiger partial charge in [0.05, 0.1) is 6.10 Å². The first kappa shape index (κ1) is 13.1. The zero-order valence-corrected chi connectivity index (χ0v) is 9.93. The van der Waals surface area contributed by atoms with Crippen molar-refractivity contribution in [2.45, 2.75) is 38.7 Å². The zero-order chi connectivity index (χ0) is 11.6. The molecule has 1 unspecified atom stereocenters. The van der Waals surface area contributed by atoms with E-state index in [1.54, 1.807) is 12.4 Å². The van der Waals surface area contributed by atoms with Crippen molar-refractivity contribution >= 4 is 0 Å². The minimum absolute atomic E-state index is 0.328. The van der Waals surface area contributed by atoms with Crippen molar-refractivity contribution in [3.8, 4) is 0 Å². The molecule has 3 nitrogen and oxygen atoms in total. The van der Waals surface area contributed by atoms with Gasteiger partial charge in [-0.1, -0.05) is 19.4 Å². The first-order valence-electron chi connectivity index (χ1n) is 5.97. The van der Waals surface area contributed by atoms with E-state index in [0.29, 0.717) is 19.4 Å². The van der Waals surface area contributed by atoms with Crippen LogP contribution in [0.4, 0.5) is 0 Å². The third-order valence-electron chi connectivity index (χ3n) is 2.43. The highest BCUT2D eigenvalue weighted by Gasteiger charge is 2.05. The Labute approximate surface area is 97.5 Å². The van der Waals surface area contributed by atoms with E-state index < -0.39 is 0 Å². The fourth-order valence-corrected chi connectivity index (χ4v) is 1.46. The van der Waals surface area contributed by atoms with Crippen LogP contribution in [0.1, 0.15) is 31.7 Å². The molecule has 0 aliphatic heterocycles. The fraction of sp³-hybridized carbons (Fsp3) is 0.615. The Balaban J connectivity index is 2.09. The van der Waals surface area contributed by atoms with E-state index in [-0.39, 0.29) is 6.10 Å². The molecule has 1 rings (SSSR count). The average molecular weight is 223 g/mol. The topological polar surface area (TPSA) is 42.4 Å². The quantitative estimate of drug-likeness (QED) is 0.687. The second-order valence-electron chi connectivity index (χ2n) is 3.97. The number of nitrogens with zero attached hydrogens (tertiary/aromatic N) is 1. The summed E-state index contributed by atoms with van der Waals surface area (Å²) >= 11 is 0. The summed E-state index contributed by atoms with van der Waals surface area (Å²) in [5, 5.41) is 9.75. The summed E-state index contributed by atoms with van der Waals surface area (Å²) in [7, 11) is 0. The highest BCUT2D eigenvalue weighted by atomic mass is 16.5. The molecule has 0 aromatic carbocycles. The largest absolute Gasteiger partial charge is 0.393 e. The van der Waals surface area contributed by atoms with Gasteiger partial charge in [-0.15, -0.1) is 0 Å². The van der Waals surface area contributed by atoms with Gasteiger partial charge in [0.25, 0.3) is 0 Å². The zero-order valence-electron chi connectivity index (χ0n) is 9.93. The van der Waals surface area contributed by atoms with Crippen LogP contribution >= 0.6 is 0 Å². The van der Waals surface area contributed by atoms with E-state index in [0.717, 1.165) is 25.0 Å². The predicted molar refractivity (Wildman–Crippen MR) is 64.3 cm³/mol. The van der Waals surface area contributed by atoms with Crippen LogP contribution in [0, 0.1) is 0 Å². The molecule has 90 valence electrons. The van der Waals surface area contributed by atoms with E-state index in [1.165, 1.54) is 0 Å². The maximum Gasteiger partial charge on any atom is 0.0603 e. The van der Waals surface area contributed by atoms with E-state index in [2.05, 4.69) is 11.9 Å². The van der Waals surface area contributed by atoms with Crippen LogP contribution in [0.15, 0.2) is 24.5 Å². The number of ether oxygens (including phenoxy) is 1. The molecule has 0 spiro atoms. The van der Waals surface area contributed by atoms with Crippen LogP contribution in [-0.4, -0.2) is 29.4 Å². The van der Waals surface area contributed by atoms with Crippen LogP contribution in [0.2, 0.25) is 0 Å². The van der Waals surface area contributed by atoms with Crippen LogP contribution in [0.3, 0.4) is 0 Å². The molecule has 0 fully saturated rings. The Hall–Kier alpha value is -0.930. The molecule has 1 heterocycles. The highest BCUT2D eigenvalue weighted by Crippen LogP contribution is 2.04. The summed E-state index contributed by atoms with van der Waals surface area (Å²) in [6.45, 7) is 3.58. The van der Waals surface area contributed by atoms with Gasteiger partial charge in [0.15, 0.2) is 0 Å². The van der Waals surface area contributed by atoms with Crippen molar-refractivity contribution in [3.05, 3.63) is 30.1 Å². The van der Waals surface area contributed by atoms with Crippen molar-refractivity contribution in [2.24, 2.45) is 0 Å². The lowest BCUT2D eigenvalue weighted by molar-refractivity contribution is 0.0806. The Morgan fingerprint density at radius 3 is 3.00 bits per heavy atom. The first-order valence-corrected chi connectivity index (χ1v) is 5.97. The van der Waals surface area contributed by atoms with E-state index in [4.69, 9.17) is 4.74 Å². The molecule has 1 aromatic rings. The number of hydrogen-bond acceptors (Lipinski definition) is 3. The van der Waals surface area contributed by atoms with Gasteiger partial charge in [-0.2, -0.15) is 0 Å². The van der Waals surface area contributed by atoms with Crippen molar-refractivity contribution in [1.29, 1.82) is 0 Å². The second-order valence-corrected chi connectivity index (χ2v) is 3.97. The molecule has 0 saturated heterocycles. The number of aliphatic hydroxyl groups is 1. The Morgan fingerprint density at radius 2 is 2.31 bits per heavy atom. The van der Waals surface area contributed by atoms with Gasteiger partial charge in [0.2, 0.25) is 0 Å². The molecular weight excluding hydrogens is 202 g/mol. The van der Waals surface area contributed by atoms with Crippen LogP contribution in [-0.2, 0) is 11.2 Å². The summed E-state index contributed by atoms with van der Waals surface area (Å²) in [6, 6.07) is 3.87. The summed E-state index contributed by atoms with van der Waals surface area (Å²) in [4.78, 5) is 4.02. The van der Waals surface area contributed by atoms with Gasteiger partial charge in [-0.25, -0.2) is 0 Å². The minimum atomic E-state index is -0.328. The van der Waals surface area contributed by atoms with Crippen LogP contribution in [0.5, 0.6) is 0 Å². The summed E-state index contributed by atoms with van der Waals surface area (Å²) in [5.41, 5.74) is 1.07. The number of rotatable bonds is 8. The average Bonchev–Trinajstić information content (AvgIpc) is 2.30. The predicted octanol–water partition coefficient (Wildman–Crippen LogP) is 2.19. The lowest BCUT2D eigenvalue weighted by atomic mass is 10.1. The third-order valence-corrected chi connectivity index (χ3v) is 2.43. The van der Waals surface area contributed by atoms with Gasteiger partial charge in [-0.05, 0) is 30.9 Å². The molecule has 0 aliphatic carbocycles. The van der Waals surface area contributed by atoms with E-state index in [1.807, 2.05) is 12.1 Å². The lowest BCUT2D eigenvalue weighted by Crippen LogP contribution is -2.14. The van der Waals surface area contributed by atoms with Gasteiger partial charge in [0.1, 0.15) is 0 Å². The number of aromatic nitrogens is 1. The maximum absolute atomic E-state index is 9.75. The summed E-state index contributed by atoms with van der Waals surface area (Å²) < 4.78 is 5.41. The molecule has 0 amide bonds. The van der Waals surface area contributed by atoms with Crippen molar-refractivity contribution in [2.75, 3.05) is 13.2 Å². The van der Waals surface area contributed by atoms with Gasteiger partial charge in [0, 0.05) is 25.6 Å². The van der Waals surface area contributed by atoms with Gasteiger partial charge in [-0.3, -0.25) is 4.98 Å². The monoisotopic (exact) mass is 223 g/mol. The Morgan fingerprint density at radius 1 is 1.44 bits per heavy atom. The first-order chi connectivity index (χ1) is 7.83. The molecule has 0 aliphatic rings. The molecule has 0 saturated carbocycles. The highest BCUT2D eigenvalue weighted by molar-refractivity contribution is 5.09. The summed E-state index contributed by atoms with van der Waals surface area (Å²) in [5.74, 6) is 0. The molecule has 0 bridgehead atoms. The molecule has 1 N–H and O–H groups in total. The number of hydrogen-bond donors (Lipinski definition) is 1. The Kier molecular flexibility index (Phi) is 6.77. The lowest BCUT2D eigenvalue weighted by Gasteiger charge is -2.10. The maximum atomic E-state index is 9.75. The number of unbranched alkanes of at least 4 members (excludes halogenated alkanes) is 1. The number of pyridine rings is 1. The summed E-state index contributed by atoms with van der Waals surface area (Å²) in [6.07, 6.45) is 6.80. The van der Waals surface area contributed by atoms with Crippen molar-refractivity contribution in [1.82, 2.24) is 4.98 Å². The minimum Gasteiger partial charge on any atom is -0.393 e. The molecule has 1 atom stereocenters. The second kappa shape index (κ2) is 8.25. The van der Waals surface area contributed by atoms with Crippen molar-refractivity contribution in [3.63, 3.8) is 0 Å². The fourth-order valence-electron chi connectivity index (χ4n) is 1.46.